The van der Waals surface area contributed by atoms with Gasteiger partial charge in [0.1, 0.15) is 0 Å². The zero-order valence-electron chi connectivity index (χ0n) is 17.5. The van der Waals surface area contributed by atoms with E-state index in [0.717, 1.165) is 0 Å². The summed E-state index contributed by atoms with van der Waals surface area (Å²) in [5, 5.41) is 12.8. The molecule has 1 aliphatic rings. The summed E-state index contributed by atoms with van der Waals surface area (Å²) >= 11 is 0. The van der Waals surface area contributed by atoms with E-state index in [1.165, 1.54) is 4.90 Å². The highest BCUT2D eigenvalue weighted by molar-refractivity contribution is 7.90. The first-order valence-electron chi connectivity index (χ1n) is 10.2. The summed E-state index contributed by atoms with van der Waals surface area (Å²) in [6.45, 7) is 3.50. The molecule has 31 heavy (non-hydrogen) atoms. The fourth-order valence-corrected chi connectivity index (χ4v) is 4.05. The minimum Gasteiger partial charge on any atom is -0.369 e. The van der Waals surface area contributed by atoms with Crippen molar-refractivity contribution in [3.05, 3.63) is 59.7 Å². The summed E-state index contributed by atoms with van der Waals surface area (Å²) in [5.74, 6) is -0.556. The Balaban J connectivity index is 1.55. The van der Waals surface area contributed by atoms with Crippen LogP contribution in [0.5, 0.6) is 0 Å². The van der Waals surface area contributed by atoms with E-state index < -0.39 is 21.5 Å². The van der Waals surface area contributed by atoms with E-state index in [1.807, 2.05) is 6.07 Å². The van der Waals surface area contributed by atoms with Gasteiger partial charge < -0.3 is 10.4 Å². The van der Waals surface area contributed by atoms with Gasteiger partial charge in [-0.3, -0.25) is 14.5 Å². The standard InChI is InChI=1S/C22H27N3O5S/c1-15(2)31(29,30)23-13-7-6-10-20(26)24-16-11-12-18-19(14-16)22(28)25(21(18)27)17-8-4-3-5-9-17/h3-5,8-9,11-12,14-15,21,23,27H,6-7,10,13H2,1-2H3,(H,24,26). The van der Waals surface area contributed by atoms with Gasteiger partial charge in [-0.05, 0) is 51.0 Å². The summed E-state index contributed by atoms with van der Waals surface area (Å²) in [6, 6.07) is 13.8. The number of rotatable bonds is 9. The summed E-state index contributed by atoms with van der Waals surface area (Å²) in [7, 11) is -3.29. The van der Waals surface area contributed by atoms with Gasteiger partial charge >= 0.3 is 0 Å². The molecule has 0 spiro atoms. The number of nitrogens with one attached hydrogen (secondary N) is 2. The third-order valence-corrected chi connectivity index (χ3v) is 6.95. The van der Waals surface area contributed by atoms with Crippen LogP contribution < -0.4 is 14.9 Å². The second-order valence-electron chi connectivity index (χ2n) is 7.68. The van der Waals surface area contributed by atoms with Crippen LogP contribution in [-0.4, -0.2) is 37.1 Å². The van der Waals surface area contributed by atoms with Crippen molar-refractivity contribution in [2.24, 2.45) is 0 Å². The molecule has 0 saturated heterocycles. The summed E-state index contributed by atoms with van der Waals surface area (Å²) in [5.41, 5.74) is 1.90. The number of fused-ring (bicyclic) bond motifs is 1. The molecular formula is C22H27N3O5S. The zero-order valence-corrected chi connectivity index (χ0v) is 18.4. The van der Waals surface area contributed by atoms with E-state index >= 15 is 0 Å². The molecule has 166 valence electrons. The molecular weight excluding hydrogens is 418 g/mol. The van der Waals surface area contributed by atoms with Crippen molar-refractivity contribution in [2.75, 3.05) is 16.8 Å². The van der Waals surface area contributed by atoms with E-state index in [4.69, 9.17) is 0 Å². The lowest BCUT2D eigenvalue weighted by atomic mass is 10.1. The number of aliphatic hydroxyl groups is 1. The van der Waals surface area contributed by atoms with Crippen LogP contribution in [0, 0.1) is 0 Å². The van der Waals surface area contributed by atoms with Crippen LogP contribution >= 0.6 is 0 Å². The predicted octanol–water partition coefficient (Wildman–Crippen LogP) is 2.77. The highest BCUT2D eigenvalue weighted by Crippen LogP contribution is 2.36. The van der Waals surface area contributed by atoms with E-state index in [-0.39, 0.29) is 24.8 Å². The average molecular weight is 446 g/mol. The van der Waals surface area contributed by atoms with Gasteiger partial charge in [0.15, 0.2) is 6.23 Å². The number of unbranched alkanes of at least 4 members (excludes halogenated alkanes) is 1. The van der Waals surface area contributed by atoms with E-state index in [9.17, 15) is 23.1 Å². The Morgan fingerprint density at radius 2 is 1.84 bits per heavy atom. The Hall–Kier alpha value is -2.75. The second-order valence-corrected chi connectivity index (χ2v) is 10.0. The van der Waals surface area contributed by atoms with Gasteiger partial charge in [0.25, 0.3) is 5.91 Å². The molecule has 8 nitrogen and oxygen atoms in total. The van der Waals surface area contributed by atoms with Gasteiger partial charge in [-0.2, -0.15) is 0 Å². The number of carbonyl (C=O) groups excluding carboxylic acids is 2. The molecule has 1 unspecified atom stereocenters. The van der Waals surface area contributed by atoms with Gasteiger partial charge in [-0.1, -0.05) is 24.3 Å². The highest BCUT2D eigenvalue weighted by Gasteiger charge is 2.36. The molecule has 2 aromatic rings. The first-order chi connectivity index (χ1) is 14.7. The molecule has 0 radical (unpaired) electrons. The maximum atomic E-state index is 12.8. The van der Waals surface area contributed by atoms with Crippen LogP contribution in [0.2, 0.25) is 0 Å². The van der Waals surface area contributed by atoms with Crippen molar-refractivity contribution in [2.45, 2.75) is 44.6 Å². The number of benzene rings is 2. The Labute approximate surface area is 182 Å². The van der Waals surface area contributed by atoms with Gasteiger partial charge in [0.2, 0.25) is 15.9 Å². The second kappa shape index (κ2) is 9.59. The molecule has 0 aliphatic carbocycles. The first kappa shape index (κ1) is 22.9. The minimum absolute atomic E-state index is 0.224. The minimum atomic E-state index is -3.29. The molecule has 1 heterocycles. The smallest absolute Gasteiger partial charge is 0.261 e. The third-order valence-electron chi connectivity index (χ3n) is 5.10. The maximum Gasteiger partial charge on any atom is 0.261 e. The Morgan fingerprint density at radius 3 is 2.52 bits per heavy atom. The summed E-state index contributed by atoms with van der Waals surface area (Å²) in [4.78, 5) is 26.3. The zero-order chi connectivity index (χ0) is 22.6. The van der Waals surface area contributed by atoms with Crippen molar-refractivity contribution in [1.82, 2.24) is 4.72 Å². The van der Waals surface area contributed by atoms with Crippen molar-refractivity contribution in [3.63, 3.8) is 0 Å². The van der Waals surface area contributed by atoms with Gasteiger partial charge in [0, 0.05) is 35.5 Å². The number of hydrogen-bond donors (Lipinski definition) is 3. The van der Waals surface area contributed by atoms with Crippen molar-refractivity contribution in [3.8, 4) is 0 Å². The number of nitrogens with zero attached hydrogens (tertiary/aromatic N) is 1. The molecule has 1 atom stereocenters. The number of sulfonamides is 1. The normalized spacial score (nSPS) is 15.9. The maximum absolute atomic E-state index is 12.8. The molecule has 2 aromatic carbocycles. The van der Waals surface area contributed by atoms with Crippen LogP contribution in [-0.2, 0) is 14.8 Å². The topological polar surface area (TPSA) is 116 Å². The fraction of sp³-hybridized carbons (Fsp3) is 0.364. The predicted molar refractivity (Wildman–Crippen MR) is 119 cm³/mol. The first-order valence-corrected chi connectivity index (χ1v) is 11.7. The lowest BCUT2D eigenvalue weighted by Gasteiger charge is -2.20. The summed E-state index contributed by atoms with van der Waals surface area (Å²) in [6.07, 6.45) is 0.217. The molecule has 0 bridgehead atoms. The third kappa shape index (κ3) is 5.30. The van der Waals surface area contributed by atoms with E-state index in [1.54, 1.807) is 56.3 Å². The fourth-order valence-electron chi connectivity index (χ4n) is 3.29. The molecule has 0 aromatic heterocycles. The van der Waals surface area contributed by atoms with Crippen molar-refractivity contribution in [1.29, 1.82) is 0 Å². The molecule has 3 rings (SSSR count). The number of hydrogen-bond acceptors (Lipinski definition) is 5. The lowest BCUT2D eigenvalue weighted by molar-refractivity contribution is -0.116. The van der Waals surface area contributed by atoms with Gasteiger partial charge in [-0.15, -0.1) is 0 Å². The Bertz CT molecular complexity index is 1050. The van der Waals surface area contributed by atoms with Gasteiger partial charge in [0.05, 0.1) is 5.25 Å². The molecule has 1 aliphatic heterocycles. The van der Waals surface area contributed by atoms with Crippen LogP contribution in [0.15, 0.2) is 48.5 Å². The Morgan fingerprint density at radius 1 is 1.13 bits per heavy atom. The number of anilines is 2. The van der Waals surface area contributed by atoms with E-state index in [0.29, 0.717) is 35.3 Å². The van der Waals surface area contributed by atoms with E-state index in [2.05, 4.69) is 10.0 Å². The quantitative estimate of drug-likeness (QED) is 0.513. The lowest BCUT2D eigenvalue weighted by Crippen LogP contribution is -2.31. The van der Waals surface area contributed by atoms with Crippen molar-refractivity contribution >= 4 is 33.2 Å². The highest BCUT2D eigenvalue weighted by atomic mass is 32.2. The number of para-hydroxylation sites is 1. The molecule has 9 heteroatoms. The van der Waals surface area contributed by atoms with Crippen LogP contribution in [0.3, 0.4) is 0 Å². The SMILES string of the molecule is CC(C)S(=O)(=O)NCCCCC(=O)Nc1ccc2c(c1)C(=O)N(c1ccccc1)C2O. The molecule has 0 saturated carbocycles. The number of aliphatic hydroxyl groups excluding tert-OH is 1. The number of carbonyl (C=O) groups is 2. The molecule has 3 N–H and O–H groups in total. The van der Waals surface area contributed by atoms with Gasteiger partial charge in [-0.25, -0.2) is 13.1 Å². The molecule has 2 amide bonds. The van der Waals surface area contributed by atoms with Crippen LogP contribution in [0.4, 0.5) is 11.4 Å². The monoisotopic (exact) mass is 445 g/mol. The van der Waals surface area contributed by atoms with Crippen molar-refractivity contribution < 1.29 is 23.1 Å². The Kier molecular flexibility index (Phi) is 7.09. The molecule has 0 fully saturated rings. The average Bonchev–Trinajstić information content (AvgIpc) is 2.98. The van der Waals surface area contributed by atoms with Crippen LogP contribution in [0.25, 0.3) is 0 Å². The largest absolute Gasteiger partial charge is 0.369 e. The number of amides is 2. The summed E-state index contributed by atoms with van der Waals surface area (Å²) < 4.78 is 25.9. The van der Waals surface area contributed by atoms with Crippen LogP contribution in [0.1, 0.15) is 55.3 Å².